The minimum atomic E-state index is -4.56. The largest absolute Gasteiger partial charge is 0.464 e. The maximum atomic E-state index is 14.6. The predicted molar refractivity (Wildman–Crippen MR) is 215 cm³/mol. The fraction of sp³-hybridized carbons (Fsp3) is 0.488. The van der Waals surface area contributed by atoms with Crippen molar-refractivity contribution in [3.05, 3.63) is 83.7 Å². The van der Waals surface area contributed by atoms with Gasteiger partial charge in [-0.2, -0.15) is 13.2 Å². The zero-order valence-corrected chi connectivity index (χ0v) is 33.8. The van der Waals surface area contributed by atoms with E-state index in [2.05, 4.69) is 26.1 Å². The number of anilines is 1. The Morgan fingerprint density at radius 1 is 1.10 bits per heavy atom. The summed E-state index contributed by atoms with van der Waals surface area (Å²) in [7, 11) is 1.52. The molecule has 0 radical (unpaired) electrons. The standard InChI is InChI=1S/C43H53F3N6O7/c1-28(56-4)38-33(12-8-16-47-38)39-35(22-42(2,3)27-59-40(54)36-13-9-17-48-50-36)34-21-31(14-15-37(34)52(39)26-43(44,45)46)51-18-19-57-32(23-51)20-30(24-53)49-41(55)58-25-29-10-6-5-7-11-29/h5-8,10-12,14-16,21,24,28,30,32,36,48,50H,9,13,17-20,22-23,25-27H2,1-4H3,(H,49,55)/t28-,30-,32-,36?/m0/s1. The number of alkyl halides is 3. The number of ether oxygens (including phenoxy) is 4. The van der Waals surface area contributed by atoms with Crippen LogP contribution in [0.3, 0.4) is 0 Å². The average molecular weight is 823 g/mol. The van der Waals surface area contributed by atoms with Gasteiger partial charge >= 0.3 is 18.2 Å². The van der Waals surface area contributed by atoms with Crippen LogP contribution in [0.5, 0.6) is 0 Å². The minimum Gasteiger partial charge on any atom is -0.464 e. The van der Waals surface area contributed by atoms with Gasteiger partial charge in [-0.05, 0) is 67.6 Å². The van der Waals surface area contributed by atoms with Crippen LogP contribution in [0, 0.1) is 5.41 Å². The van der Waals surface area contributed by atoms with Gasteiger partial charge in [0.1, 0.15) is 25.5 Å². The maximum Gasteiger partial charge on any atom is 0.408 e. The number of hydrazine groups is 1. The minimum absolute atomic E-state index is 0.0281. The Labute approximate surface area is 341 Å². The number of aromatic nitrogens is 2. The molecule has 6 rings (SSSR count). The highest BCUT2D eigenvalue weighted by atomic mass is 19.4. The van der Waals surface area contributed by atoms with Gasteiger partial charge in [0.15, 0.2) is 0 Å². The third-order valence-electron chi connectivity index (χ3n) is 10.6. The van der Waals surface area contributed by atoms with Crippen molar-refractivity contribution >= 4 is 34.9 Å². The SMILES string of the molecule is CO[C@@H](C)c1ncccc1-c1c(CC(C)(C)COC(=O)C2CCCNN2)c2cc(N3CCO[C@@H](C[C@@H](C=O)NC(=O)OCc4ccccc4)C3)ccc2n1CC(F)(F)F. The van der Waals surface area contributed by atoms with Gasteiger partial charge in [0.05, 0.1) is 42.9 Å². The van der Waals surface area contributed by atoms with Crippen molar-refractivity contribution in [1.82, 2.24) is 25.7 Å². The van der Waals surface area contributed by atoms with Crippen molar-refractivity contribution in [3.8, 4) is 11.3 Å². The summed E-state index contributed by atoms with van der Waals surface area (Å²) in [4.78, 5) is 44.3. The number of hydrogen-bond donors (Lipinski definition) is 3. The first-order valence-electron chi connectivity index (χ1n) is 19.9. The van der Waals surface area contributed by atoms with Gasteiger partial charge in [0.25, 0.3) is 0 Å². The van der Waals surface area contributed by atoms with E-state index in [9.17, 15) is 27.6 Å². The molecule has 318 valence electrons. The lowest BCUT2D eigenvalue weighted by Crippen LogP contribution is -2.50. The number of pyridine rings is 1. The second-order valence-corrected chi connectivity index (χ2v) is 15.9. The predicted octanol–water partition coefficient (Wildman–Crippen LogP) is 6.43. The number of aldehydes is 1. The number of methoxy groups -OCH3 is 1. The topological polar surface area (TPSA) is 145 Å². The number of halogens is 3. The molecular formula is C43H53F3N6O7. The molecule has 4 atom stereocenters. The number of benzene rings is 2. The zero-order chi connectivity index (χ0) is 42.2. The van der Waals surface area contributed by atoms with Gasteiger partial charge in [-0.15, -0.1) is 0 Å². The fourth-order valence-electron chi connectivity index (χ4n) is 7.67. The first kappa shape index (κ1) is 43.5. The van der Waals surface area contributed by atoms with Gasteiger partial charge < -0.3 is 38.5 Å². The van der Waals surface area contributed by atoms with E-state index in [0.29, 0.717) is 65.8 Å². The molecule has 2 aromatic carbocycles. The van der Waals surface area contributed by atoms with Crippen molar-refractivity contribution in [2.24, 2.45) is 5.41 Å². The van der Waals surface area contributed by atoms with Crippen molar-refractivity contribution < 1.29 is 46.5 Å². The number of amides is 1. The van der Waals surface area contributed by atoms with Crippen LogP contribution in [0.4, 0.5) is 23.7 Å². The molecule has 13 nitrogen and oxygen atoms in total. The Bertz CT molecular complexity index is 2050. The number of morpholine rings is 1. The number of carbonyl (C=O) groups excluding carboxylic acids is 3. The van der Waals surface area contributed by atoms with Gasteiger partial charge in [-0.25, -0.2) is 10.2 Å². The summed E-state index contributed by atoms with van der Waals surface area (Å²) < 4.78 is 67.8. The summed E-state index contributed by atoms with van der Waals surface area (Å²) in [5.41, 5.74) is 9.18. The molecule has 0 spiro atoms. The highest BCUT2D eigenvalue weighted by Gasteiger charge is 2.35. The highest BCUT2D eigenvalue weighted by Crippen LogP contribution is 2.43. The van der Waals surface area contributed by atoms with E-state index in [0.717, 1.165) is 24.2 Å². The quantitative estimate of drug-likeness (QED) is 0.0850. The molecule has 2 fully saturated rings. The maximum absolute atomic E-state index is 14.6. The zero-order valence-electron chi connectivity index (χ0n) is 33.8. The Morgan fingerprint density at radius 3 is 2.61 bits per heavy atom. The van der Waals surface area contributed by atoms with Crippen molar-refractivity contribution in [2.45, 2.75) is 90.1 Å². The molecule has 59 heavy (non-hydrogen) atoms. The molecule has 2 aliphatic rings. The van der Waals surface area contributed by atoms with Crippen molar-refractivity contribution in [1.29, 1.82) is 0 Å². The van der Waals surface area contributed by atoms with E-state index in [1.54, 1.807) is 37.4 Å². The number of esters is 1. The van der Waals surface area contributed by atoms with E-state index >= 15 is 0 Å². The Morgan fingerprint density at radius 2 is 1.90 bits per heavy atom. The van der Waals surface area contributed by atoms with Crippen LogP contribution < -0.4 is 21.1 Å². The first-order valence-corrected chi connectivity index (χ1v) is 19.9. The fourth-order valence-corrected chi connectivity index (χ4v) is 7.67. The van der Waals surface area contributed by atoms with Crippen LogP contribution in [0.1, 0.15) is 63.0 Å². The molecule has 0 saturated carbocycles. The number of carbonyl (C=O) groups is 3. The lowest BCUT2D eigenvalue weighted by molar-refractivity contribution is -0.150. The summed E-state index contributed by atoms with van der Waals surface area (Å²) in [6, 6.07) is 16.7. The molecule has 2 saturated heterocycles. The third kappa shape index (κ3) is 11.4. The van der Waals surface area contributed by atoms with E-state index in [1.807, 2.05) is 50.2 Å². The summed E-state index contributed by atoms with van der Waals surface area (Å²) in [6.07, 6.45) is -2.16. The Hall–Kier alpha value is -5.03. The van der Waals surface area contributed by atoms with Crippen LogP contribution in [0.15, 0.2) is 66.9 Å². The van der Waals surface area contributed by atoms with Crippen molar-refractivity contribution in [2.75, 3.05) is 44.9 Å². The number of alkyl carbamates (subject to hydrolysis) is 1. The van der Waals surface area contributed by atoms with Crippen LogP contribution in [0.2, 0.25) is 0 Å². The molecule has 1 unspecified atom stereocenters. The molecule has 1 amide bonds. The van der Waals surface area contributed by atoms with Gasteiger partial charge in [-0.3, -0.25) is 15.2 Å². The van der Waals surface area contributed by atoms with Gasteiger partial charge in [0, 0.05) is 66.9 Å². The smallest absolute Gasteiger partial charge is 0.408 e. The van der Waals surface area contributed by atoms with Crippen LogP contribution >= 0.6 is 0 Å². The van der Waals surface area contributed by atoms with E-state index in [-0.39, 0.29) is 26.1 Å². The summed E-state index contributed by atoms with van der Waals surface area (Å²) in [6.45, 7) is 6.37. The van der Waals surface area contributed by atoms with E-state index in [1.165, 1.54) is 11.7 Å². The van der Waals surface area contributed by atoms with E-state index in [4.69, 9.17) is 18.9 Å². The number of rotatable bonds is 16. The van der Waals surface area contributed by atoms with Crippen LogP contribution in [0.25, 0.3) is 22.2 Å². The number of nitrogens with zero attached hydrogens (tertiary/aromatic N) is 3. The molecule has 0 aliphatic carbocycles. The number of hydrogen-bond acceptors (Lipinski definition) is 11. The van der Waals surface area contributed by atoms with E-state index < -0.39 is 54.5 Å². The van der Waals surface area contributed by atoms with Gasteiger partial charge in [-0.1, -0.05) is 44.2 Å². The Kier molecular flexibility index (Phi) is 14.3. The molecule has 3 N–H and O–H groups in total. The lowest BCUT2D eigenvalue weighted by Gasteiger charge is -2.35. The normalized spacial score (nSPS) is 18.6. The molecule has 0 bridgehead atoms. The van der Waals surface area contributed by atoms with Crippen LogP contribution in [-0.4, -0.2) is 92.2 Å². The number of nitrogens with one attached hydrogen (secondary N) is 3. The molecule has 4 heterocycles. The number of fused-ring (bicyclic) bond motifs is 1. The molecule has 16 heteroatoms. The summed E-state index contributed by atoms with van der Waals surface area (Å²) >= 11 is 0. The first-order chi connectivity index (χ1) is 28.2. The monoisotopic (exact) mass is 822 g/mol. The lowest BCUT2D eigenvalue weighted by atomic mass is 9.84. The second-order valence-electron chi connectivity index (χ2n) is 15.9. The molecular weight excluding hydrogens is 770 g/mol. The highest BCUT2D eigenvalue weighted by molar-refractivity contribution is 5.94. The summed E-state index contributed by atoms with van der Waals surface area (Å²) in [5, 5.41) is 3.22. The summed E-state index contributed by atoms with van der Waals surface area (Å²) in [5.74, 6) is -0.395. The van der Waals surface area contributed by atoms with Crippen molar-refractivity contribution in [3.63, 3.8) is 0 Å². The average Bonchev–Trinajstić information content (AvgIpc) is 3.51. The van der Waals surface area contributed by atoms with Crippen LogP contribution in [-0.2, 0) is 48.1 Å². The third-order valence-corrected chi connectivity index (χ3v) is 10.6. The molecule has 2 aromatic heterocycles. The second kappa shape index (κ2) is 19.4. The molecule has 4 aromatic rings. The molecule has 2 aliphatic heterocycles. The van der Waals surface area contributed by atoms with Gasteiger partial charge in [0.2, 0.25) is 0 Å². The Balaban J connectivity index is 1.32.